The minimum atomic E-state index is -4.52. The van der Waals surface area contributed by atoms with E-state index in [9.17, 15) is 23.2 Å². The van der Waals surface area contributed by atoms with Crippen molar-refractivity contribution in [3.05, 3.63) is 71.4 Å². The SMILES string of the molecule is CCOc1ncccc1-c1ccc2c(c1)N([C@H]1CCNC1)C(=O)C21CCN(c2ccc(C(F)(F)F)cc2C#N)CC1. The molecule has 10 heteroatoms. The predicted molar refractivity (Wildman–Crippen MR) is 149 cm³/mol. The number of carbonyl (C=O) groups excluding carboxylic acids is 1. The summed E-state index contributed by atoms with van der Waals surface area (Å²) in [5, 5.41) is 13.0. The molecule has 0 unspecified atom stereocenters. The molecule has 2 saturated heterocycles. The first-order chi connectivity index (χ1) is 19.8. The summed E-state index contributed by atoms with van der Waals surface area (Å²) >= 11 is 0. The fourth-order valence-corrected chi connectivity index (χ4v) is 6.53. The molecule has 41 heavy (non-hydrogen) atoms. The van der Waals surface area contributed by atoms with Gasteiger partial charge >= 0.3 is 6.18 Å². The number of anilines is 2. The normalized spacial score (nSPS) is 19.9. The zero-order chi connectivity index (χ0) is 28.8. The summed E-state index contributed by atoms with van der Waals surface area (Å²) in [6, 6.07) is 15.2. The highest BCUT2D eigenvalue weighted by Crippen LogP contribution is 2.51. The average Bonchev–Trinajstić information content (AvgIpc) is 3.58. The molecule has 2 aromatic carbocycles. The van der Waals surface area contributed by atoms with Crippen LogP contribution in [0.4, 0.5) is 24.5 Å². The molecular weight excluding hydrogens is 531 g/mol. The molecule has 7 nitrogen and oxygen atoms in total. The number of piperidine rings is 1. The fourth-order valence-electron chi connectivity index (χ4n) is 6.53. The predicted octanol–water partition coefficient (Wildman–Crippen LogP) is 5.28. The summed E-state index contributed by atoms with van der Waals surface area (Å²) in [6.45, 7) is 4.84. The maximum Gasteiger partial charge on any atom is 0.416 e. The number of fused-ring (bicyclic) bond motifs is 2. The van der Waals surface area contributed by atoms with Gasteiger partial charge in [-0.1, -0.05) is 12.1 Å². The van der Waals surface area contributed by atoms with Crippen LogP contribution in [0.5, 0.6) is 5.88 Å². The van der Waals surface area contributed by atoms with Crippen LogP contribution in [-0.4, -0.2) is 49.7 Å². The van der Waals surface area contributed by atoms with Gasteiger partial charge in [0.15, 0.2) is 0 Å². The standard InChI is InChI=1S/C31H30F3N5O2/c1-2-41-28-24(4-3-12-37-28)20-5-7-25-27(17-20)39(23-9-13-36-19-23)29(40)30(25)10-14-38(15-11-30)26-8-6-22(31(32,33)34)16-21(26)18-35/h3-8,12,16-17,23,36H,2,9-11,13-15,19H2,1H3/t23-/m0/s1. The number of hydrogen-bond donors (Lipinski definition) is 1. The second kappa shape index (κ2) is 10.4. The van der Waals surface area contributed by atoms with E-state index in [1.807, 2.05) is 47.1 Å². The van der Waals surface area contributed by atoms with Gasteiger partial charge in [-0.25, -0.2) is 4.98 Å². The molecule has 6 rings (SSSR count). The van der Waals surface area contributed by atoms with E-state index < -0.39 is 17.2 Å². The highest BCUT2D eigenvalue weighted by atomic mass is 19.4. The van der Waals surface area contributed by atoms with Crippen LogP contribution < -0.4 is 19.9 Å². The number of nitrogens with one attached hydrogen (secondary N) is 1. The third-order valence-electron chi connectivity index (χ3n) is 8.57. The Morgan fingerprint density at radius 3 is 2.63 bits per heavy atom. The van der Waals surface area contributed by atoms with Crippen molar-refractivity contribution in [2.75, 3.05) is 42.6 Å². The quantitative estimate of drug-likeness (QED) is 0.456. The number of nitrogens with zero attached hydrogens (tertiary/aromatic N) is 4. The number of benzene rings is 2. The number of ether oxygens (including phenoxy) is 1. The molecule has 2 fully saturated rings. The maximum absolute atomic E-state index is 14.3. The molecule has 1 aromatic heterocycles. The molecule has 1 atom stereocenters. The van der Waals surface area contributed by atoms with Gasteiger partial charge < -0.3 is 19.9 Å². The Morgan fingerprint density at radius 2 is 1.95 bits per heavy atom. The molecule has 3 aliphatic heterocycles. The van der Waals surface area contributed by atoms with Gasteiger partial charge in [-0.2, -0.15) is 18.4 Å². The van der Waals surface area contributed by atoms with Crippen molar-refractivity contribution < 1.29 is 22.7 Å². The number of hydrogen-bond acceptors (Lipinski definition) is 6. The van der Waals surface area contributed by atoms with Crippen LogP contribution in [-0.2, 0) is 16.4 Å². The second-order valence-electron chi connectivity index (χ2n) is 10.8. The van der Waals surface area contributed by atoms with Gasteiger partial charge in [0.2, 0.25) is 11.8 Å². The summed E-state index contributed by atoms with van der Waals surface area (Å²) in [6.07, 6.45) is -0.979. The van der Waals surface area contributed by atoms with E-state index in [1.54, 1.807) is 6.20 Å². The molecule has 0 radical (unpaired) electrons. The van der Waals surface area contributed by atoms with Crippen molar-refractivity contribution in [2.24, 2.45) is 0 Å². The lowest BCUT2D eigenvalue weighted by Gasteiger charge is -2.40. The van der Waals surface area contributed by atoms with E-state index in [2.05, 4.69) is 16.4 Å². The van der Waals surface area contributed by atoms with Crippen LogP contribution in [0.3, 0.4) is 0 Å². The fraction of sp³-hybridized carbons (Fsp3) is 0.387. The highest BCUT2D eigenvalue weighted by molar-refractivity contribution is 6.09. The van der Waals surface area contributed by atoms with E-state index in [0.29, 0.717) is 50.7 Å². The van der Waals surface area contributed by atoms with Crippen molar-refractivity contribution in [2.45, 2.75) is 43.8 Å². The Bertz CT molecular complexity index is 1520. The van der Waals surface area contributed by atoms with E-state index in [0.717, 1.165) is 47.5 Å². The maximum atomic E-state index is 14.3. The molecule has 1 spiro atoms. The monoisotopic (exact) mass is 561 g/mol. The van der Waals surface area contributed by atoms with Crippen molar-refractivity contribution >= 4 is 17.3 Å². The Balaban J connectivity index is 1.35. The first kappa shape index (κ1) is 27.1. The van der Waals surface area contributed by atoms with Crippen LogP contribution >= 0.6 is 0 Å². The molecule has 0 saturated carbocycles. The molecule has 4 heterocycles. The van der Waals surface area contributed by atoms with Gasteiger partial charge in [-0.05, 0) is 80.3 Å². The number of carbonyl (C=O) groups is 1. The average molecular weight is 562 g/mol. The number of pyridine rings is 1. The molecule has 1 amide bonds. The Hall–Kier alpha value is -4.10. The summed E-state index contributed by atoms with van der Waals surface area (Å²) < 4.78 is 45.5. The number of halogens is 3. The van der Waals surface area contributed by atoms with Gasteiger partial charge in [0.25, 0.3) is 0 Å². The number of nitriles is 1. The van der Waals surface area contributed by atoms with Crippen molar-refractivity contribution in [1.82, 2.24) is 10.3 Å². The minimum Gasteiger partial charge on any atom is -0.478 e. The number of aromatic nitrogens is 1. The van der Waals surface area contributed by atoms with Crippen LogP contribution in [0.25, 0.3) is 11.1 Å². The lowest BCUT2D eigenvalue weighted by molar-refractivity contribution is -0.137. The van der Waals surface area contributed by atoms with Gasteiger partial charge in [-0.15, -0.1) is 0 Å². The minimum absolute atomic E-state index is 0.0150. The van der Waals surface area contributed by atoms with E-state index >= 15 is 0 Å². The molecule has 3 aromatic rings. The highest BCUT2D eigenvalue weighted by Gasteiger charge is 2.54. The van der Waals surface area contributed by atoms with E-state index in [4.69, 9.17) is 4.74 Å². The molecule has 0 aliphatic carbocycles. The summed E-state index contributed by atoms with van der Waals surface area (Å²) in [7, 11) is 0. The van der Waals surface area contributed by atoms with Gasteiger partial charge in [0.05, 0.1) is 34.9 Å². The van der Waals surface area contributed by atoms with Crippen molar-refractivity contribution in [1.29, 1.82) is 5.26 Å². The summed E-state index contributed by atoms with van der Waals surface area (Å²) in [5.74, 6) is 0.614. The lowest BCUT2D eigenvalue weighted by Crippen LogP contribution is -2.51. The molecule has 3 aliphatic rings. The van der Waals surface area contributed by atoms with Crippen molar-refractivity contribution in [3.63, 3.8) is 0 Å². The largest absolute Gasteiger partial charge is 0.478 e. The van der Waals surface area contributed by atoms with Crippen LogP contribution in [0.2, 0.25) is 0 Å². The topological polar surface area (TPSA) is 81.5 Å². The van der Waals surface area contributed by atoms with Gasteiger partial charge in [0.1, 0.15) is 6.07 Å². The summed E-state index contributed by atoms with van der Waals surface area (Å²) in [5.41, 5.74) is 2.53. The van der Waals surface area contributed by atoms with E-state index in [1.165, 1.54) is 6.07 Å². The second-order valence-corrected chi connectivity index (χ2v) is 10.8. The van der Waals surface area contributed by atoms with Crippen LogP contribution in [0, 0.1) is 11.3 Å². The molecular formula is C31H30F3N5O2. The Labute approximate surface area is 236 Å². The third-order valence-corrected chi connectivity index (χ3v) is 8.57. The molecule has 1 N–H and O–H groups in total. The first-order valence-corrected chi connectivity index (χ1v) is 13.9. The first-order valence-electron chi connectivity index (χ1n) is 13.9. The van der Waals surface area contributed by atoms with Crippen LogP contribution in [0.1, 0.15) is 42.9 Å². The zero-order valence-corrected chi connectivity index (χ0v) is 22.7. The number of amides is 1. The Morgan fingerprint density at radius 1 is 1.15 bits per heavy atom. The number of rotatable bonds is 5. The van der Waals surface area contributed by atoms with Crippen LogP contribution in [0.15, 0.2) is 54.7 Å². The summed E-state index contributed by atoms with van der Waals surface area (Å²) in [4.78, 5) is 22.6. The third kappa shape index (κ3) is 4.58. The van der Waals surface area contributed by atoms with Gasteiger partial charge in [0, 0.05) is 37.1 Å². The zero-order valence-electron chi connectivity index (χ0n) is 22.7. The van der Waals surface area contributed by atoms with E-state index in [-0.39, 0.29) is 17.5 Å². The molecule has 212 valence electrons. The smallest absolute Gasteiger partial charge is 0.416 e. The molecule has 0 bridgehead atoms. The van der Waals surface area contributed by atoms with Gasteiger partial charge in [-0.3, -0.25) is 4.79 Å². The Kier molecular flexibility index (Phi) is 6.86. The lowest BCUT2D eigenvalue weighted by atomic mass is 9.73. The van der Waals surface area contributed by atoms with Crippen molar-refractivity contribution in [3.8, 4) is 23.1 Å². The number of alkyl halides is 3.